The third-order valence-corrected chi connectivity index (χ3v) is 4.12. The second kappa shape index (κ2) is 8.30. The van der Waals surface area contributed by atoms with Gasteiger partial charge in [-0.15, -0.1) is 0 Å². The predicted molar refractivity (Wildman–Crippen MR) is 88.3 cm³/mol. The molecule has 1 aromatic carbocycles. The van der Waals surface area contributed by atoms with Crippen LogP contribution in [0.15, 0.2) is 30.3 Å². The Bertz CT molecular complexity index is 461. The number of rotatable bonds is 7. The van der Waals surface area contributed by atoms with Gasteiger partial charge >= 0.3 is 0 Å². The molecule has 1 saturated heterocycles. The lowest BCUT2D eigenvalue weighted by molar-refractivity contribution is -0.135. The zero-order valence-corrected chi connectivity index (χ0v) is 13.7. The number of nitrogens with two attached hydrogens (primary N) is 1. The molecule has 4 nitrogen and oxygen atoms in total. The van der Waals surface area contributed by atoms with Gasteiger partial charge in [0.05, 0.1) is 25.3 Å². The molecule has 0 bridgehead atoms. The smallest absolute Gasteiger partial charge is 0.239 e. The van der Waals surface area contributed by atoms with Gasteiger partial charge in [0.25, 0.3) is 0 Å². The summed E-state index contributed by atoms with van der Waals surface area (Å²) in [6.07, 6.45) is 2.79. The Hall–Kier alpha value is -1.39. The van der Waals surface area contributed by atoms with E-state index in [2.05, 4.69) is 26.0 Å². The fourth-order valence-corrected chi connectivity index (χ4v) is 3.01. The largest absolute Gasteiger partial charge is 0.375 e. The zero-order valence-electron chi connectivity index (χ0n) is 13.7. The first kappa shape index (κ1) is 17.0. The fourth-order valence-electron chi connectivity index (χ4n) is 3.01. The summed E-state index contributed by atoms with van der Waals surface area (Å²) in [4.78, 5) is 14.4. The molecule has 0 aromatic heterocycles. The molecule has 0 radical (unpaired) electrons. The molecule has 22 heavy (non-hydrogen) atoms. The average Bonchev–Trinajstić information content (AvgIpc) is 2.95. The van der Waals surface area contributed by atoms with Crippen molar-refractivity contribution >= 4 is 5.91 Å². The number of likely N-dealkylation sites (tertiary alicyclic amines) is 1. The second-order valence-electron chi connectivity index (χ2n) is 6.56. The lowest BCUT2D eigenvalue weighted by atomic mass is 10.0. The molecule has 1 aliphatic heterocycles. The summed E-state index contributed by atoms with van der Waals surface area (Å²) < 4.78 is 5.81. The van der Waals surface area contributed by atoms with Gasteiger partial charge in [0.1, 0.15) is 0 Å². The SMILES string of the molecule is CC(C)CC(N)C(=O)N1CCCC1COCc1ccccc1. The third kappa shape index (κ3) is 4.82. The number of ether oxygens (including phenoxy) is 1. The molecule has 0 saturated carbocycles. The number of hydrogen-bond donors (Lipinski definition) is 1. The van der Waals surface area contributed by atoms with Crippen molar-refractivity contribution < 1.29 is 9.53 Å². The Morgan fingerprint density at radius 2 is 2.09 bits per heavy atom. The van der Waals surface area contributed by atoms with E-state index in [1.54, 1.807) is 0 Å². The first-order chi connectivity index (χ1) is 10.6. The van der Waals surface area contributed by atoms with Crippen LogP contribution in [-0.4, -0.2) is 36.0 Å². The van der Waals surface area contributed by atoms with Crippen molar-refractivity contribution in [2.24, 2.45) is 11.7 Å². The molecule has 0 aliphatic carbocycles. The molecule has 0 spiro atoms. The highest BCUT2D eigenvalue weighted by Gasteiger charge is 2.31. The third-order valence-electron chi connectivity index (χ3n) is 4.12. The highest BCUT2D eigenvalue weighted by molar-refractivity contribution is 5.82. The summed E-state index contributed by atoms with van der Waals surface area (Å²) in [7, 11) is 0. The summed E-state index contributed by atoms with van der Waals surface area (Å²) in [6, 6.07) is 9.91. The topological polar surface area (TPSA) is 55.6 Å². The van der Waals surface area contributed by atoms with Crippen LogP contribution in [0.1, 0.15) is 38.7 Å². The lowest BCUT2D eigenvalue weighted by Gasteiger charge is -2.28. The first-order valence-corrected chi connectivity index (χ1v) is 8.25. The van der Waals surface area contributed by atoms with Crippen LogP contribution in [0, 0.1) is 5.92 Å². The normalized spacial score (nSPS) is 19.6. The molecule has 1 aromatic rings. The number of amides is 1. The van der Waals surface area contributed by atoms with Gasteiger partial charge in [-0.3, -0.25) is 4.79 Å². The molecule has 2 atom stereocenters. The van der Waals surface area contributed by atoms with Gasteiger partial charge in [0.15, 0.2) is 0 Å². The summed E-state index contributed by atoms with van der Waals surface area (Å²) in [6.45, 7) is 6.19. The van der Waals surface area contributed by atoms with E-state index in [1.807, 2.05) is 23.1 Å². The summed E-state index contributed by atoms with van der Waals surface area (Å²) >= 11 is 0. The van der Waals surface area contributed by atoms with Crippen molar-refractivity contribution in [2.75, 3.05) is 13.2 Å². The summed E-state index contributed by atoms with van der Waals surface area (Å²) in [5.41, 5.74) is 7.21. The van der Waals surface area contributed by atoms with Crippen molar-refractivity contribution in [3.63, 3.8) is 0 Å². The monoisotopic (exact) mass is 304 g/mol. The minimum Gasteiger partial charge on any atom is -0.375 e. The van der Waals surface area contributed by atoms with Crippen LogP contribution in [0.4, 0.5) is 0 Å². The van der Waals surface area contributed by atoms with Crippen LogP contribution in [0.2, 0.25) is 0 Å². The molecule has 1 fully saturated rings. The molecule has 1 amide bonds. The summed E-state index contributed by atoms with van der Waals surface area (Å²) in [5, 5.41) is 0. The number of nitrogens with zero attached hydrogens (tertiary/aromatic N) is 1. The van der Waals surface area contributed by atoms with Crippen LogP contribution in [-0.2, 0) is 16.1 Å². The van der Waals surface area contributed by atoms with Gasteiger partial charge in [0, 0.05) is 6.54 Å². The zero-order chi connectivity index (χ0) is 15.9. The molecule has 2 N–H and O–H groups in total. The Morgan fingerprint density at radius 3 is 2.77 bits per heavy atom. The van der Waals surface area contributed by atoms with Gasteiger partial charge in [-0.25, -0.2) is 0 Å². The Morgan fingerprint density at radius 1 is 1.36 bits per heavy atom. The van der Waals surface area contributed by atoms with Crippen LogP contribution in [0.3, 0.4) is 0 Å². The van der Waals surface area contributed by atoms with Crippen molar-refractivity contribution in [3.8, 4) is 0 Å². The quantitative estimate of drug-likeness (QED) is 0.842. The van der Waals surface area contributed by atoms with E-state index in [-0.39, 0.29) is 18.0 Å². The van der Waals surface area contributed by atoms with Crippen molar-refractivity contribution in [3.05, 3.63) is 35.9 Å². The minimum atomic E-state index is -0.380. The van der Waals surface area contributed by atoms with Gasteiger partial charge in [-0.2, -0.15) is 0 Å². The molecule has 122 valence electrons. The first-order valence-electron chi connectivity index (χ1n) is 8.25. The van der Waals surface area contributed by atoms with E-state index in [9.17, 15) is 4.79 Å². The van der Waals surface area contributed by atoms with E-state index in [0.29, 0.717) is 19.1 Å². The number of benzene rings is 1. The Balaban J connectivity index is 1.81. The maximum atomic E-state index is 12.5. The lowest BCUT2D eigenvalue weighted by Crippen LogP contribution is -2.47. The number of carbonyl (C=O) groups is 1. The highest BCUT2D eigenvalue weighted by atomic mass is 16.5. The Kier molecular flexibility index (Phi) is 6.40. The van der Waals surface area contributed by atoms with Gasteiger partial charge in [-0.1, -0.05) is 44.2 Å². The molecule has 1 aliphatic rings. The van der Waals surface area contributed by atoms with E-state index in [1.165, 1.54) is 0 Å². The van der Waals surface area contributed by atoms with E-state index < -0.39 is 0 Å². The van der Waals surface area contributed by atoms with Crippen molar-refractivity contribution in [2.45, 2.75) is 51.8 Å². The van der Waals surface area contributed by atoms with Crippen molar-refractivity contribution in [1.29, 1.82) is 0 Å². The van der Waals surface area contributed by atoms with E-state index in [4.69, 9.17) is 10.5 Å². The van der Waals surface area contributed by atoms with Gasteiger partial charge < -0.3 is 15.4 Å². The highest BCUT2D eigenvalue weighted by Crippen LogP contribution is 2.20. The standard InChI is InChI=1S/C18H28N2O2/c1-14(2)11-17(19)18(21)20-10-6-9-16(20)13-22-12-15-7-4-3-5-8-15/h3-5,7-8,14,16-17H,6,9-13,19H2,1-2H3. The molecule has 1 heterocycles. The fraction of sp³-hybridized carbons (Fsp3) is 0.611. The molecule has 2 unspecified atom stereocenters. The minimum absolute atomic E-state index is 0.0829. The van der Waals surface area contributed by atoms with E-state index >= 15 is 0 Å². The summed E-state index contributed by atoms with van der Waals surface area (Å²) in [5.74, 6) is 0.522. The Labute approximate surface area is 133 Å². The van der Waals surface area contributed by atoms with Gasteiger partial charge in [-0.05, 0) is 30.7 Å². The molecule has 4 heteroatoms. The molecule has 2 rings (SSSR count). The number of carbonyl (C=O) groups excluding carboxylic acids is 1. The van der Waals surface area contributed by atoms with Crippen LogP contribution >= 0.6 is 0 Å². The maximum absolute atomic E-state index is 12.5. The average molecular weight is 304 g/mol. The second-order valence-corrected chi connectivity index (χ2v) is 6.56. The van der Waals surface area contributed by atoms with E-state index in [0.717, 1.165) is 31.4 Å². The van der Waals surface area contributed by atoms with Crippen LogP contribution in [0.25, 0.3) is 0 Å². The maximum Gasteiger partial charge on any atom is 0.239 e. The van der Waals surface area contributed by atoms with Crippen LogP contribution < -0.4 is 5.73 Å². The van der Waals surface area contributed by atoms with Gasteiger partial charge in [0.2, 0.25) is 5.91 Å². The van der Waals surface area contributed by atoms with Crippen LogP contribution in [0.5, 0.6) is 0 Å². The predicted octanol–water partition coefficient (Wildman–Crippen LogP) is 2.57. The number of hydrogen-bond acceptors (Lipinski definition) is 3. The molecular formula is C18H28N2O2. The van der Waals surface area contributed by atoms with Crippen molar-refractivity contribution in [1.82, 2.24) is 4.90 Å². The molecular weight excluding hydrogens is 276 g/mol.